The molecule has 0 spiro atoms. The molecule has 0 aliphatic rings. The Hall–Kier alpha value is -3.76. The molecule has 2 rings (SSSR count). The molecule has 0 fully saturated rings. The van der Waals surface area contributed by atoms with E-state index >= 15 is 4.39 Å². The van der Waals surface area contributed by atoms with Crippen molar-refractivity contribution in [2.75, 3.05) is 12.4 Å². The van der Waals surface area contributed by atoms with Crippen molar-refractivity contribution in [3.63, 3.8) is 0 Å². The topological polar surface area (TPSA) is 116 Å². The number of carbonyl (C=O) groups is 1. The number of alkyl carbamates (subject to hydrolysis) is 1. The van der Waals surface area contributed by atoms with Crippen LogP contribution in [-0.4, -0.2) is 27.1 Å². The van der Waals surface area contributed by atoms with E-state index in [9.17, 15) is 15.3 Å². The summed E-state index contributed by atoms with van der Waals surface area (Å²) in [4.78, 5) is 12.1. The summed E-state index contributed by atoms with van der Waals surface area (Å²) in [7, 11) is -1.14. The molecule has 0 heterocycles. The molecule has 1 amide bonds. The summed E-state index contributed by atoms with van der Waals surface area (Å²) >= 11 is 0. The molecule has 0 aliphatic carbocycles. The molecule has 0 radical (unpaired) electrons. The lowest BCUT2D eigenvalue weighted by molar-refractivity contribution is 0.0523. The molecule has 0 aliphatic heterocycles. The Bertz CT molecular complexity index is 1300. The van der Waals surface area contributed by atoms with Gasteiger partial charge >= 0.3 is 6.09 Å². The van der Waals surface area contributed by atoms with Gasteiger partial charge < -0.3 is 24.5 Å². The first kappa shape index (κ1) is 33.4. The number of halogens is 1. The van der Waals surface area contributed by atoms with Gasteiger partial charge in [-0.25, -0.2) is 9.18 Å². The Labute approximate surface area is 244 Å². The first-order chi connectivity index (χ1) is 19.1. The summed E-state index contributed by atoms with van der Waals surface area (Å²) in [5.41, 5.74) is 1.77. The third-order valence-corrected chi connectivity index (χ3v) is 13.1. The minimum absolute atomic E-state index is 0.0430. The molecule has 222 valence electrons. The zero-order chi connectivity index (χ0) is 31.1. The summed E-state index contributed by atoms with van der Waals surface area (Å²) in [5.74, 6) is -0.426. The molecule has 0 aromatic heterocycles. The van der Waals surface area contributed by atoms with Gasteiger partial charge in [0.2, 0.25) is 0 Å². The van der Waals surface area contributed by atoms with Crippen molar-refractivity contribution >= 4 is 20.1 Å². The maximum atomic E-state index is 16.1. The second-order valence-corrected chi connectivity index (χ2v) is 17.4. The number of hydrogen-bond acceptors (Lipinski definition) is 7. The summed E-state index contributed by atoms with van der Waals surface area (Å²) in [6.45, 7) is 18.0. The highest BCUT2D eigenvalue weighted by molar-refractivity contribution is 6.78. The van der Waals surface area contributed by atoms with Gasteiger partial charge in [-0.05, 0) is 67.2 Å². The predicted octanol–water partition coefficient (Wildman–Crippen LogP) is 7.77. The van der Waals surface area contributed by atoms with Crippen LogP contribution in [0.2, 0.25) is 16.6 Å². The van der Waals surface area contributed by atoms with Crippen LogP contribution in [0.3, 0.4) is 0 Å². The number of nitrogens with one attached hydrogen (secondary N) is 2. The third-order valence-electron chi connectivity index (χ3n) is 7.11. The SMILES string of the molecule is COc1cc(CNc2ccc(C#N)c(CNC(=O)OC(C)(C)C)c2)c(F)c(O[Si](C(C)C)(C(C)C)C(C)C)c1C#N. The van der Waals surface area contributed by atoms with Crippen molar-refractivity contribution in [1.82, 2.24) is 5.32 Å². The molecule has 2 N–H and O–H groups in total. The molecule has 2 aromatic carbocycles. The summed E-state index contributed by atoms with van der Waals surface area (Å²) in [6, 6.07) is 10.8. The van der Waals surface area contributed by atoms with Crippen LogP contribution in [0.25, 0.3) is 0 Å². The van der Waals surface area contributed by atoms with E-state index in [0.29, 0.717) is 16.8 Å². The van der Waals surface area contributed by atoms with Crippen molar-refractivity contribution in [2.24, 2.45) is 0 Å². The number of ether oxygens (including phenoxy) is 2. The predicted molar refractivity (Wildman–Crippen MR) is 161 cm³/mol. The number of anilines is 1. The molecule has 41 heavy (non-hydrogen) atoms. The van der Waals surface area contributed by atoms with Crippen LogP contribution in [0.5, 0.6) is 11.5 Å². The van der Waals surface area contributed by atoms with Gasteiger partial charge in [0.15, 0.2) is 11.6 Å². The molecule has 0 saturated carbocycles. The Morgan fingerprint density at radius 1 is 0.976 bits per heavy atom. The molecular formula is C31H43FN4O4Si. The lowest BCUT2D eigenvalue weighted by Crippen LogP contribution is -2.51. The molecule has 8 nitrogen and oxygen atoms in total. The van der Waals surface area contributed by atoms with E-state index < -0.39 is 25.8 Å². The highest BCUT2D eigenvalue weighted by atomic mass is 28.4. The van der Waals surface area contributed by atoms with Crippen molar-refractivity contribution in [1.29, 1.82) is 10.5 Å². The minimum atomic E-state index is -2.59. The summed E-state index contributed by atoms with van der Waals surface area (Å²) < 4.78 is 33.6. The van der Waals surface area contributed by atoms with Crippen molar-refractivity contribution < 1.29 is 23.1 Å². The fourth-order valence-corrected chi connectivity index (χ4v) is 10.6. The van der Waals surface area contributed by atoms with Gasteiger partial charge in [-0.3, -0.25) is 0 Å². The van der Waals surface area contributed by atoms with Gasteiger partial charge in [-0.15, -0.1) is 0 Å². The Balaban J connectivity index is 2.44. The first-order valence-electron chi connectivity index (χ1n) is 13.8. The number of nitrogens with zero attached hydrogens (tertiary/aromatic N) is 2. The number of carbonyl (C=O) groups excluding carboxylic acids is 1. The number of benzene rings is 2. The summed E-state index contributed by atoms with van der Waals surface area (Å²) in [5, 5.41) is 25.3. The average molecular weight is 583 g/mol. The maximum absolute atomic E-state index is 16.1. The van der Waals surface area contributed by atoms with Crippen molar-refractivity contribution in [2.45, 2.75) is 97.6 Å². The zero-order valence-corrected chi connectivity index (χ0v) is 26.9. The molecule has 0 saturated heterocycles. The fourth-order valence-electron chi connectivity index (χ4n) is 5.32. The lowest BCUT2D eigenvalue weighted by atomic mass is 10.1. The van der Waals surface area contributed by atoms with Crippen LogP contribution in [0, 0.1) is 28.5 Å². The third kappa shape index (κ3) is 7.92. The van der Waals surface area contributed by atoms with E-state index in [4.69, 9.17) is 13.9 Å². The highest BCUT2D eigenvalue weighted by Gasteiger charge is 2.48. The van der Waals surface area contributed by atoms with Crippen LogP contribution in [0.1, 0.15) is 84.6 Å². The molecular weight excluding hydrogens is 539 g/mol. The molecule has 2 aromatic rings. The van der Waals surface area contributed by atoms with E-state index in [1.54, 1.807) is 39.0 Å². The number of methoxy groups -OCH3 is 1. The van der Waals surface area contributed by atoms with Crippen LogP contribution in [0.4, 0.5) is 14.9 Å². The summed E-state index contributed by atoms with van der Waals surface area (Å²) in [6.07, 6.45) is -0.595. The number of nitriles is 2. The van der Waals surface area contributed by atoms with Crippen LogP contribution >= 0.6 is 0 Å². The van der Waals surface area contributed by atoms with Crippen LogP contribution in [-0.2, 0) is 17.8 Å². The number of amides is 1. The largest absolute Gasteiger partial charge is 0.540 e. The van der Waals surface area contributed by atoms with Gasteiger partial charge in [0, 0.05) is 24.3 Å². The maximum Gasteiger partial charge on any atom is 0.407 e. The van der Waals surface area contributed by atoms with E-state index in [2.05, 4.69) is 64.3 Å². The minimum Gasteiger partial charge on any atom is -0.540 e. The Kier molecular flexibility index (Phi) is 11.2. The average Bonchev–Trinajstić information content (AvgIpc) is 2.88. The van der Waals surface area contributed by atoms with Gasteiger partial charge in [-0.2, -0.15) is 10.5 Å². The molecule has 0 atom stereocenters. The van der Waals surface area contributed by atoms with Gasteiger partial charge in [0.1, 0.15) is 23.0 Å². The second-order valence-electron chi connectivity index (χ2n) is 12.0. The van der Waals surface area contributed by atoms with Gasteiger partial charge in [-0.1, -0.05) is 41.5 Å². The molecule has 0 bridgehead atoms. The monoisotopic (exact) mass is 582 g/mol. The smallest absolute Gasteiger partial charge is 0.407 e. The van der Waals surface area contributed by atoms with E-state index in [1.807, 2.05) is 0 Å². The van der Waals surface area contributed by atoms with Crippen molar-refractivity contribution in [3.05, 3.63) is 52.3 Å². The van der Waals surface area contributed by atoms with Gasteiger partial charge in [0.25, 0.3) is 8.32 Å². The Morgan fingerprint density at radius 3 is 2.07 bits per heavy atom. The molecule has 0 unspecified atom stereocenters. The van der Waals surface area contributed by atoms with Crippen LogP contribution in [0.15, 0.2) is 24.3 Å². The van der Waals surface area contributed by atoms with E-state index in [0.717, 1.165) is 0 Å². The highest BCUT2D eigenvalue weighted by Crippen LogP contribution is 2.45. The Morgan fingerprint density at radius 2 is 1.59 bits per heavy atom. The number of rotatable bonds is 11. The van der Waals surface area contributed by atoms with Gasteiger partial charge in [0.05, 0.1) is 18.7 Å². The first-order valence-corrected chi connectivity index (χ1v) is 16.0. The lowest BCUT2D eigenvalue weighted by Gasteiger charge is -2.42. The second kappa shape index (κ2) is 13.7. The zero-order valence-electron chi connectivity index (χ0n) is 25.9. The number of hydrogen-bond donors (Lipinski definition) is 2. The van der Waals surface area contributed by atoms with Crippen LogP contribution < -0.4 is 19.8 Å². The quantitative estimate of drug-likeness (QED) is 0.260. The standard InChI is InChI=1S/C31H43FN4O4Si/c1-19(2)41(20(3)4,21(5)6)40-29-26(16-34)27(38-10)14-24(28(29)32)18-35-25-12-11-22(15-33)23(13-25)17-36-30(37)39-31(7,8)9/h11-14,19-21,35H,17-18H2,1-10H3,(H,36,37). The van der Waals surface area contributed by atoms with E-state index in [1.165, 1.54) is 13.2 Å². The normalized spacial score (nSPS) is 11.7. The molecule has 10 heteroatoms. The fraction of sp³-hybridized carbons (Fsp3) is 0.516. The van der Waals surface area contributed by atoms with E-state index in [-0.39, 0.29) is 52.3 Å². The van der Waals surface area contributed by atoms with Crippen molar-refractivity contribution in [3.8, 4) is 23.6 Å².